The second-order valence-corrected chi connectivity index (χ2v) is 9.21. The number of benzene rings is 1. The van der Waals surface area contributed by atoms with Crippen LogP contribution in [0.2, 0.25) is 0 Å². The molecular weight excluding hydrogens is 411 g/mol. The molecule has 2 fully saturated rings. The molecule has 6 heteroatoms. The summed E-state index contributed by atoms with van der Waals surface area (Å²) in [7, 11) is 0. The van der Waals surface area contributed by atoms with Crippen LogP contribution < -0.4 is 4.74 Å². The van der Waals surface area contributed by atoms with E-state index in [1.807, 2.05) is 0 Å². The van der Waals surface area contributed by atoms with Crippen LogP contribution in [-0.2, 0) is 0 Å². The Morgan fingerprint density at radius 2 is 1.42 bits per heavy atom. The Bertz CT molecular complexity index is 703. The summed E-state index contributed by atoms with van der Waals surface area (Å²) in [4.78, 5) is 0. The fourth-order valence-electron chi connectivity index (χ4n) is 5.52. The molecule has 1 aromatic rings. The minimum atomic E-state index is -5.12. The first-order valence-corrected chi connectivity index (χ1v) is 11.7. The molecule has 0 unspecified atom stereocenters. The van der Waals surface area contributed by atoms with Gasteiger partial charge >= 0.3 is 6.36 Å². The lowest BCUT2D eigenvalue weighted by Crippen LogP contribution is -2.25. The summed E-state index contributed by atoms with van der Waals surface area (Å²) in [6, 6.07) is 2.01. The molecule has 1 aromatic carbocycles. The third-order valence-electron chi connectivity index (χ3n) is 7.18. The molecule has 3 rings (SSSR count). The lowest BCUT2D eigenvalue weighted by atomic mass is 9.68. The second kappa shape index (κ2) is 10.8. The highest BCUT2D eigenvalue weighted by Gasteiger charge is 2.35. The molecule has 174 valence electrons. The molecule has 0 saturated heterocycles. The smallest absolute Gasteiger partial charge is 0.399 e. The van der Waals surface area contributed by atoms with E-state index >= 15 is 0 Å². The minimum Gasteiger partial charge on any atom is -0.399 e. The Morgan fingerprint density at radius 1 is 0.871 bits per heavy atom. The van der Waals surface area contributed by atoms with Crippen molar-refractivity contribution in [1.82, 2.24) is 0 Å². The number of ether oxygens (including phenoxy) is 1. The summed E-state index contributed by atoms with van der Waals surface area (Å²) in [5.74, 6) is -1.74. The molecule has 2 saturated carbocycles. The molecular formula is C25H33F5O. The predicted molar refractivity (Wildman–Crippen MR) is 112 cm³/mol. The lowest BCUT2D eigenvalue weighted by Gasteiger charge is -2.38. The number of allylic oxidation sites excluding steroid dienone is 2. The van der Waals surface area contributed by atoms with Crippen molar-refractivity contribution < 1.29 is 26.7 Å². The maximum atomic E-state index is 14.1. The maximum Gasteiger partial charge on any atom is 0.573 e. The Kier molecular flexibility index (Phi) is 8.40. The molecule has 31 heavy (non-hydrogen) atoms. The van der Waals surface area contributed by atoms with Crippen molar-refractivity contribution in [1.29, 1.82) is 0 Å². The molecule has 0 amide bonds. The van der Waals surface area contributed by atoms with E-state index in [1.165, 1.54) is 38.5 Å². The fraction of sp³-hybridized carbons (Fsp3) is 0.680. The highest BCUT2D eigenvalue weighted by Crippen LogP contribution is 2.45. The van der Waals surface area contributed by atoms with Gasteiger partial charge in [0.15, 0.2) is 11.6 Å². The van der Waals surface area contributed by atoms with Crippen molar-refractivity contribution >= 4 is 0 Å². The topological polar surface area (TPSA) is 9.23 Å². The van der Waals surface area contributed by atoms with Crippen LogP contribution in [0.3, 0.4) is 0 Å². The van der Waals surface area contributed by atoms with Gasteiger partial charge in [0.25, 0.3) is 0 Å². The first-order valence-electron chi connectivity index (χ1n) is 11.7. The van der Waals surface area contributed by atoms with E-state index in [0.29, 0.717) is 11.5 Å². The van der Waals surface area contributed by atoms with Crippen LogP contribution in [0.1, 0.15) is 89.0 Å². The van der Waals surface area contributed by atoms with Gasteiger partial charge in [-0.1, -0.05) is 31.9 Å². The molecule has 0 heterocycles. The average Bonchev–Trinajstić information content (AvgIpc) is 2.74. The van der Waals surface area contributed by atoms with Gasteiger partial charge in [0, 0.05) is 0 Å². The van der Waals surface area contributed by atoms with E-state index in [0.717, 1.165) is 56.1 Å². The largest absolute Gasteiger partial charge is 0.573 e. The predicted octanol–water partition coefficient (Wildman–Crippen LogP) is 8.69. The summed E-state index contributed by atoms with van der Waals surface area (Å²) in [5, 5.41) is 0. The minimum absolute atomic E-state index is 0.0121. The third kappa shape index (κ3) is 6.95. The van der Waals surface area contributed by atoms with Crippen LogP contribution in [0.15, 0.2) is 24.3 Å². The van der Waals surface area contributed by atoms with Crippen LogP contribution in [0, 0.1) is 29.4 Å². The summed E-state index contributed by atoms with van der Waals surface area (Å²) in [6.45, 7) is 2.15. The number of halogens is 5. The molecule has 0 spiro atoms. The quantitative estimate of drug-likeness (QED) is 0.302. The van der Waals surface area contributed by atoms with Crippen molar-refractivity contribution in [3.63, 3.8) is 0 Å². The van der Waals surface area contributed by atoms with Crippen LogP contribution in [0.4, 0.5) is 22.0 Å². The number of rotatable bonds is 7. The van der Waals surface area contributed by atoms with Crippen LogP contribution in [0.5, 0.6) is 5.75 Å². The van der Waals surface area contributed by atoms with Gasteiger partial charge in [-0.3, -0.25) is 0 Å². The van der Waals surface area contributed by atoms with Crippen LogP contribution in [-0.4, -0.2) is 6.36 Å². The molecule has 0 aliphatic heterocycles. The van der Waals surface area contributed by atoms with E-state index < -0.39 is 23.7 Å². The van der Waals surface area contributed by atoms with Gasteiger partial charge in [-0.05, 0) is 99.2 Å². The van der Waals surface area contributed by atoms with Gasteiger partial charge < -0.3 is 4.74 Å². The number of hydrogen-bond acceptors (Lipinski definition) is 1. The van der Waals surface area contributed by atoms with E-state index in [9.17, 15) is 22.0 Å². The highest BCUT2D eigenvalue weighted by atomic mass is 19.4. The van der Waals surface area contributed by atoms with Crippen molar-refractivity contribution in [2.45, 2.75) is 89.8 Å². The van der Waals surface area contributed by atoms with Crippen molar-refractivity contribution in [2.75, 3.05) is 0 Å². The standard InChI is InChI=1S/C25H33F5O/c1-2-3-4-5-6-17-7-9-18(10-8-17)19-11-13-20(14-12-19)21-15-22(26)24(23(27)16-21)31-25(28,29)30/h3-4,15-20H,2,5-14H2,1H3/b4-3+/t17-,18-,19-,20-. The van der Waals surface area contributed by atoms with Gasteiger partial charge in [0.2, 0.25) is 5.75 Å². The fourth-order valence-corrected chi connectivity index (χ4v) is 5.52. The molecule has 0 aromatic heterocycles. The highest BCUT2D eigenvalue weighted by molar-refractivity contribution is 5.33. The molecule has 0 N–H and O–H groups in total. The Balaban J connectivity index is 1.48. The zero-order valence-electron chi connectivity index (χ0n) is 18.2. The van der Waals surface area contributed by atoms with Gasteiger partial charge in [-0.2, -0.15) is 0 Å². The van der Waals surface area contributed by atoms with Gasteiger partial charge in [-0.25, -0.2) is 8.78 Å². The Labute approximate surface area is 182 Å². The molecule has 2 aliphatic carbocycles. The maximum absolute atomic E-state index is 14.1. The van der Waals surface area contributed by atoms with Gasteiger partial charge in [0.1, 0.15) is 0 Å². The van der Waals surface area contributed by atoms with Crippen LogP contribution >= 0.6 is 0 Å². The summed E-state index contributed by atoms with van der Waals surface area (Å²) < 4.78 is 68.6. The molecule has 0 bridgehead atoms. The lowest BCUT2D eigenvalue weighted by molar-refractivity contribution is -0.276. The molecule has 1 nitrogen and oxygen atoms in total. The normalized spacial score (nSPS) is 27.5. The average molecular weight is 445 g/mol. The number of alkyl halides is 3. The third-order valence-corrected chi connectivity index (χ3v) is 7.18. The molecule has 0 atom stereocenters. The monoisotopic (exact) mass is 444 g/mol. The van der Waals surface area contributed by atoms with Crippen LogP contribution in [0.25, 0.3) is 0 Å². The Hall–Kier alpha value is -1.59. The number of hydrogen-bond donors (Lipinski definition) is 0. The van der Waals surface area contributed by atoms with Crippen molar-refractivity contribution in [3.05, 3.63) is 41.5 Å². The Morgan fingerprint density at radius 3 is 1.94 bits per heavy atom. The second-order valence-electron chi connectivity index (χ2n) is 9.21. The molecule has 0 radical (unpaired) electrons. The van der Waals surface area contributed by atoms with Gasteiger partial charge in [-0.15, -0.1) is 13.2 Å². The van der Waals surface area contributed by atoms with E-state index in [-0.39, 0.29) is 5.92 Å². The van der Waals surface area contributed by atoms with E-state index in [4.69, 9.17) is 0 Å². The zero-order chi connectivity index (χ0) is 22.4. The zero-order valence-corrected chi connectivity index (χ0v) is 18.2. The first kappa shape index (κ1) is 24.1. The summed E-state index contributed by atoms with van der Waals surface area (Å²) in [5.41, 5.74) is 0.437. The van der Waals surface area contributed by atoms with Crippen molar-refractivity contribution in [2.24, 2.45) is 17.8 Å². The molecule has 2 aliphatic rings. The summed E-state index contributed by atoms with van der Waals surface area (Å²) >= 11 is 0. The first-order chi connectivity index (χ1) is 14.8. The van der Waals surface area contributed by atoms with E-state index in [1.54, 1.807) is 0 Å². The van der Waals surface area contributed by atoms with Crippen molar-refractivity contribution in [3.8, 4) is 5.75 Å². The van der Waals surface area contributed by atoms with Gasteiger partial charge in [0.05, 0.1) is 0 Å². The van der Waals surface area contributed by atoms with E-state index in [2.05, 4.69) is 23.8 Å². The summed E-state index contributed by atoms with van der Waals surface area (Å²) in [6.07, 6.45) is 11.8. The SMILES string of the molecule is CC/C=C/CC[C@H]1CC[C@H]([C@H]2CC[C@H](c3cc(F)c(OC(F)(F)F)c(F)c3)CC2)CC1.